The van der Waals surface area contributed by atoms with Crippen molar-refractivity contribution in [2.75, 3.05) is 17.2 Å². The predicted octanol–water partition coefficient (Wildman–Crippen LogP) is 3.26. The Bertz CT molecular complexity index is 599. The lowest BCUT2D eigenvalue weighted by Gasteiger charge is -2.12. The first kappa shape index (κ1) is 13.9. The molecule has 1 aromatic heterocycles. The SMILES string of the molecule is CCNc1cncc(Oc2ccccc2NC(C)=O)c1. The third-order valence-electron chi connectivity index (χ3n) is 2.52. The number of hydrogen-bond donors (Lipinski definition) is 2. The van der Waals surface area contributed by atoms with Gasteiger partial charge in [-0.2, -0.15) is 0 Å². The second-order valence-corrected chi connectivity index (χ2v) is 4.22. The Morgan fingerprint density at radius 3 is 2.85 bits per heavy atom. The highest BCUT2D eigenvalue weighted by molar-refractivity contribution is 5.90. The topological polar surface area (TPSA) is 63.3 Å². The molecule has 2 rings (SSSR count). The number of para-hydroxylation sites is 2. The molecule has 0 unspecified atom stereocenters. The van der Waals surface area contributed by atoms with Gasteiger partial charge in [-0.05, 0) is 19.1 Å². The Labute approximate surface area is 118 Å². The summed E-state index contributed by atoms with van der Waals surface area (Å²) in [6.45, 7) is 4.29. The van der Waals surface area contributed by atoms with Crippen molar-refractivity contribution >= 4 is 17.3 Å². The summed E-state index contributed by atoms with van der Waals surface area (Å²) in [4.78, 5) is 15.3. The minimum absolute atomic E-state index is 0.138. The summed E-state index contributed by atoms with van der Waals surface area (Å²) in [6.07, 6.45) is 3.36. The van der Waals surface area contributed by atoms with Crippen molar-refractivity contribution in [3.05, 3.63) is 42.7 Å². The summed E-state index contributed by atoms with van der Waals surface area (Å²) in [5.74, 6) is 1.06. The number of aromatic nitrogens is 1. The number of nitrogens with one attached hydrogen (secondary N) is 2. The Balaban J connectivity index is 2.21. The van der Waals surface area contributed by atoms with Crippen LogP contribution in [0.3, 0.4) is 0 Å². The van der Waals surface area contributed by atoms with Crippen LogP contribution < -0.4 is 15.4 Å². The van der Waals surface area contributed by atoms with Crippen LogP contribution in [0.1, 0.15) is 13.8 Å². The van der Waals surface area contributed by atoms with E-state index in [0.29, 0.717) is 17.2 Å². The number of hydrogen-bond acceptors (Lipinski definition) is 4. The molecule has 0 spiro atoms. The van der Waals surface area contributed by atoms with Crippen LogP contribution in [0.4, 0.5) is 11.4 Å². The molecular formula is C15H17N3O2. The van der Waals surface area contributed by atoms with Crippen LogP contribution in [0.5, 0.6) is 11.5 Å². The predicted molar refractivity (Wildman–Crippen MR) is 79.2 cm³/mol. The average Bonchev–Trinajstić information content (AvgIpc) is 2.41. The van der Waals surface area contributed by atoms with Gasteiger partial charge in [0.25, 0.3) is 0 Å². The van der Waals surface area contributed by atoms with E-state index in [2.05, 4.69) is 15.6 Å². The molecule has 1 heterocycles. The molecule has 0 bridgehead atoms. The minimum atomic E-state index is -0.138. The molecule has 2 N–H and O–H groups in total. The van der Waals surface area contributed by atoms with Gasteiger partial charge in [-0.3, -0.25) is 9.78 Å². The van der Waals surface area contributed by atoms with Gasteiger partial charge < -0.3 is 15.4 Å². The molecule has 0 radical (unpaired) electrons. The highest BCUT2D eigenvalue weighted by atomic mass is 16.5. The fourth-order valence-corrected chi connectivity index (χ4v) is 1.75. The quantitative estimate of drug-likeness (QED) is 0.876. The summed E-state index contributed by atoms with van der Waals surface area (Å²) in [5, 5.41) is 5.90. The largest absolute Gasteiger partial charge is 0.453 e. The molecule has 0 aliphatic heterocycles. The molecular weight excluding hydrogens is 254 g/mol. The van der Waals surface area contributed by atoms with Crippen LogP contribution in [-0.4, -0.2) is 17.4 Å². The van der Waals surface area contributed by atoms with Crippen LogP contribution in [-0.2, 0) is 4.79 Å². The van der Waals surface area contributed by atoms with Crippen molar-refractivity contribution in [2.24, 2.45) is 0 Å². The molecule has 20 heavy (non-hydrogen) atoms. The number of ether oxygens (including phenoxy) is 1. The van der Waals surface area contributed by atoms with Gasteiger partial charge in [-0.25, -0.2) is 0 Å². The molecule has 1 amide bonds. The van der Waals surface area contributed by atoms with E-state index in [0.717, 1.165) is 12.2 Å². The van der Waals surface area contributed by atoms with Crippen molar-refractivity contribution in [1.82, 2.24) is 4.98 Å². The molecule has 0 saturated carbocycles. The van der Waals surface area contributed by atoms with E-state index in [1.54, 1.807) is 24.5 Å². The highest BCUT2D eigenvalue weighted by Gasteiger charge is 2.06. The van der Waals surface area contributed by atoms with E-state index in [1.807, 2.05) is 25.1 Å². The zero-order valence-corrected chi connectivity index (χ0v) is 11.5. The molecule has 0 aliphatic carbocycles. The van der Waals surface area contributed by atoms with E-state index in [9.17, 15) is 4.79 Å². The van der Waals surface area contributed by atoms with Gasteiger partial charge in [0.15, 0.2) is 5.75 Å². The van der Waals surface area contributed by atoms with Crippen molar-refractivity contribution in [1.29, 1.82) is 0 Å². The Morgan fingerprint density at radius 2 is 2.10 bits per heavy atom. The Morgan fingerprint density at radius 1 is 1.30 bits per heavy atom. The maximum absolute atomic E-state index is 11.2. The zero-order valence-electron chi connectivity index (χ0n) is 11.5. The number of carbonyl (C=O) groups excluding carboxylic acids is 1. The van der Waals surface area contributed by atoms with Gasteiger partial charge >= 0.3 is 0 Å². The fourth-order valence-electron chi connectivity index (χ4n) is 1.75. The standard InChI is InChI=1S/C15H17N3O2/c1-3-17-12-8-13(10-16-9-12)20-15-7-5-4-6-14(15)18-11(2)19/h4-10,17H,3H2,1-2H3,(H,18,19). The molecule has 5 nitrogen and oxygen atoms in total. The molecule has 104 valence electrons. The second kappa shape index (κ2) is 6.56. The average molecular weight is 271 g/mol. The molecule has 0 aliphatic rings. The van der Waals surface area contributed by atoms with Crippen LogP contribution in [0.25, 0.3) is 0 Å². The van der Waals surface area contributed by atoms with E-state index < -0.39 is 0 Å². The summed E-state index contributed by atoms with van der Waals surface area (Å²) >= 11 is 0. The second-order valence-electron chi connectivity index (χ2n) is 4.22. The monoisotopic (exact) mass is 271 g/mol. The Hall–Kier alpha value is -2.56. The summed E-state index contributed by atoms with van der Waals surface area (Å²) in [6, 6.07) is 9.14. The van der Waals surface area contributed by atoms with Crippen LogP contribution in [0.15, 0.2) is 42.7 Å². The number of benzene rings is 1. The Kier molecular flexibility index (Phi) is 4.55. The van der Waals surface area contributed by atoms with E-state index in [4.69, 9.17) is 4.74 Å². The fraction of sp³-hybridized carbons (Fsp3) is 0.200. The number of carbonyl (C=O) groups is 1. The van der Waals surface area contributed by atoms with Crippen molar-refractivity contribution in [2.45, 2.75) is 13.8 Å². The van der Waals surface area contributed by atoms with Crippen molar-refractivity contribution in [3.8, 4) is 11.5 Å². The lowest BCUT2D eigenvalue weighted by Crippen LogP contribution is -2.06. The first-order chi connectivity index (χ1) is 9.69. The van der Waals surface area contributed by atoms with Gasteiger partial charge in [0, 0.05) is 19.5 Å². The number of amides is 1. The normalized spacial score (nSPS) is 9.90. The van der Waals surface area contributed by atoms with Crippen LogP contribution in [0.2, 0.25) is 0 Å². The molecule has 0 saturated heterocycles. The summed E-state index contributed by atoms with van der Waals surface area (Å²) in [5.41, 5.74) is 1.52. The molecule has 2 aromatic rings. The zero-order chi connectivity index (χ0) is 14.4. The first-order valence-electron chi connectivity index (χ1n) is 6.42. The van der Waals surface area contributed by atoms with Crippen molar-refractivity contribution < 1.29 is 9.53 Å². The molecule has 1 aromatic carbocycles. The smallest absolute Gasteiger partial charge is 0.221 e. The van der Waals surface area contributed by atoms with Gasteiger partial charge in [-0.15, -0.1) is 0 Å². The first-order valence-corrected chi connectivity index (χ1v) is 6.42. The van der Waals surface area contributed by atoms with Gasteiger partial charge in [-0.1, -0.05) is 12.1 Å². The van der Waals surface area contributed by atoms with Crippen molar-refractivity contribution in [3.63, 3.8) is 0 Å². The molecule has 0 fully saturated rings. The summed E-state index contributed by atoms with van der Waals surface area (Å²) in [7, 11) is 0. The van der Waals surface area contributed by atoms with Crippen LogP contribution >= 0.6 is 0 Å². The number of rotatable bonds is 5. The van der Waals surface area contributed by atoms with Gasteiger partial charge in [0.1, 0.15) is 5.75 Å². The third kappa shape index (κ3) is 3.71. The number of nitrogens with zero attached hydrogens (tertiary/aromatic N) is 1. The number of pyridine rings is 1. The molecule has 5 heteroatoms. The lowest BCUT2D eigenvalue weighted by atomic mass is 10.3. The van der Waals surface area contributed by atoms with E-state index in [1.165, 1.54) is 6.92 Å². The maximum atomic E-state index is 11.2. The van der Waals surface area contributed by atoms with Gasteiger partial charge in [0.2, 0.25) is 5.91 Å². The van der Waals surface area contributed by atoms with Crippen LogP contribution in [0, 0.1) is 0 Å². The van der Waals surface area contributed by atoms with E-state index in [-0.39, 0.29) is 5.91 Å². The van der Waals surface area contributed by atoms with Gasteiger partial charge in [0.05, 0.1) is 23.8 Å². The highest BCUT2D eigenvalue weighted by Crippen LogP contribution is 2.29. The lowest BCUT2D eigenvalue weighted by molar-refractivity contribution is -0.114. The maximum Gasteiger partial charge on any atom is 0.221 e. The summed E-state index contributed by atoms with van der Waals surface area (Å²) < 4.78 is 5.78. The third-order valence-corrected chi connectivity index (χ3v) is 2.52. The van der Waals surface area contributed by atoms with E-state index >= 15 is 0 Å². The molecule has 0 atom stereocenters. The minimum Gasteiger partial charge on any atom is -0.453 e. The number of anilines is 2.